The van der Waals surface area contributed by atoms with Crippen LogP contribution in [0.5, 0.6) is 5.75 Å². The van der Waals surface area contributed by atoms with Gasteiger partial charge in [-0.25, -0.2) is 4.79 Å². The van der Waals surface area contributed by atoms with Gasteiger partial charge in [-0.2, -0.15) is 13.2 Å². The number of ether oxygens (including phenoxy) is 1. The highest BCUT2D eigenvalue weighted by Crippen LogP contribution is 2.29. The minimum Gasteiger partial charge on any atom is -0.496 e. The van der Waals surface area contributed by atoms with E-state index in [1.54, 1.807) is 7.11 Å². The zero-order valence-electron chi connectivity index (χ0n) is 11.7. The number of aliphatic carboxylic acids is 1. The van der Waals surface area contributed by atoms with E-state index < -0.39 is 12.1 Å². The number of halogens is 4. The molecule has 0 spiro atoms. The standard InChI is InChI=1S/C12H11IN2O.C2HF3O2/c1-16-10-5-4-7-2-3-8(12(14)15)6-9(7)11(10)13;3-2(4,5)1(6)7/h2-6H,1H3,(H3,14,15);(H,6,7). The van der Waals surface area contributed by atoms with Gasteiger partial charge in [0.05, 0.1) is 10.7 Å². The molecule has 0 amide bonds. The highest BCUT2D eigenvalue weighted by Gasteiger charge is 2.38. The number of nitrogens with one attached hydrogen (secondary N) is 1. The van der Waals surface area contributed by atoms with Gasteiger partial charge in [-0.15, -0.1) is 0 Å². The first kappa shape index (κ1) is 19.0. The first-order valence-electron chi connectivity index (χ1n) is 5.98. The summed E-state index contributed by atoms with van der Waals surface area (Å²) in [5, 5.41) is 16.7. The molecule has 9 heteroatoms. The molecule has 23 heavy (non-hydrogen) atoms. The number of hydrogen-bond donors (Lipinski definition) is 3. The van der Waals surface area contributed by atoms with Crippen LogP contribution in [-0.2, 0) is 4.79 Å². The molecule has 0 aliphatic carbocycles. The molecule has 0 saturated heterocycles. The number of carboxylic acids is 1. The third kappa shape index (κ3) is 4.98. The number of benzene rings is 2. The molecule has 0 aromatic heterocycles. The van der Waals surface area contributed by atoms with Gasteiger partial charge < -0.3 is 15.6 Å². The van der Waals surface area contributed by atoms with Crippen LogP contribution in [0.3, 0.4) is 0 Å². The monoisotopic (exact) mass is 440 g/mol. The average molecular weight is 440 g/mol. The zero-order valence-corrected chi connectivity index (χ0v) is 13.9. The number of alkyl halides is 3. The summed E-state index contributed by atoms with van der Waals surface area (Å²) in [4.78, 5) is 8.90. The second-order valence-electron chi connectivity index (χ2n) is 4.23. The fourth-order valence-corrected chi connectivity index (χ4v) is 2.46. The van der Waals surface area contributed by atoms with Crippen molar-refractivity contribution in [3.05, 3.63) is 39.5 Å². The lowest BCUT2D eigenvalue weighted by Gasteiger charge is -2.08. The molecule has 2 aromatic carbocycles. The first-order chi connectivity index (χ1) is 10.6. The number of amidine groups is 1. The molecule has 0 aliphatic rings. The van der Waals surface area contributed by atoms with Gasteiger partial charge in [-0.05, 0) is 45.5 Å². The lowest BCUT2D eigenvalue weighted by Crippen LogP contribution is -2.21. The Hall–Kier alpha value is -2.04. The zero-order chi connectivity index (χ0) is 17.8. The molecule has 5 nitrogen and oxygen atoms in total. The van der Waals surface area contributed by atoms with E-state index in [9.17, 15) is 13.2 Å². The molecule has 2 rings (SSSR count). The molecule has 4 N–H and O–H groups in total. The molecule has 2 aromatic rings. The van der Waals surface area contributed by atoms with Crippen molar-refractivity contribution in [3.63, 3.8) is 0 Å². The maximum Gasteiger partial charge on any atom is 0.490 e. The molecule has 0 atom stereocenters. The fraction of sp³-hybridized carbons (Fsp3) is 0.143. The summed E-state index contributed by atoms with van der Waals surface area (Å²) in [5.41, 5.74) is 6.21. The Bertz CT molecular complexity index is 748. The highest BCUT2D eigenvalue weighted by molar-refractivity contribution is 14.1. The molecule has 0 bridgehead atoms. The topological polar surface area (TPSA) is 96.4 Å². The maximum absolute atomic E-state index is 10.6. The Morgan fingerprint density at radius 1 is 1.30 bits per heavy atom. The average Bonchev–Trinajstić information content (AvgIpc) is 2.47. The van der Waals surface area contributed by atoms with E-state index in [-0.39, 0.29) is 5.84 Å². The van der Waals surface area contributed by atoms with E-state index in [2.05, 4.69) is 22.6 Å². The Labute approximate surface area is 142 Å². The van der Waals surface area contributed by atoms with Crippen molar-refractivity contribution in [1.29, 1.82) is 5.41 Å². The van der Waals surface area contributed by atoms with Crippen molar-refractivity contribution in [2.24, 2.45) is 5.73 Å². The van der Waals surface area contributed by atoms with Crippen molar-refractivity contribution in [2.75, 3.05) is 7.11 Å². The summed E-state index contributed by atoms with van der Waals surface area (Å²) >= 11 is 2.24. The Kier molecular flexibility index (Phi) is 6.19. The third-order valence-electron chi connectivity index (χ3n) is 2.69. The van der Waals surface area contributed by atoms with Gasteiger partial charge >= 0.3 is 12.1 Å². The van der Waals surface area contributed by atoms with Crippen LogP contribution >= 0.6 is 22.6 Å². The van der Waals surface area contributed by atoms with E-state index in [0.717, 1.165) is 25.7 Å². The van der Waals surface area contributed by atoms with Crippen LogP contribution in [0.2, 0.25) is 0 Å². The molecule has 0 radical (unpaired) electrons. The molecule has 0 unspecified atom stereocenters. The van der Waals surface area contributed by atoms with Crippen LogP contribution in [0.15, 0.2) is 30.3 Å². The van der Waals surface area contributed by atoms with Crippen LogP contribution in [0.25, 0.3) is 10.8 Å². The normalized spacial score (nSPS) is 10.7. The summed E-state index contributed by atoms with van der Waals surface area (Å²) in [6, 6.07) is 9.68. The van der Waals surface area contributed by atoms with Crippen LogP contribution < -0.4 is 10.5 Å². The van der Waals surface area contributed by atoms with Gasteiger partial charge in [0.2, 0.25) is 0 Å². The Morgan fingerprint density at radius 2 is 1.83 bits per heavy atom. The van der Waals surface area contributed by atoms with E-state index >= 15 is 0 Å². The van der Waals surface area contributed by atoms with Crippen molar-refractivity contribution in [3.8, 4) is 5.75 Å². The Morgan fingerprint density at radius 3 is 2.26 bits per heavy atom. The SMILES string of the molecule is COc1ccc2ccc(C(=N)N)cc2c1I.O=C(O)C(F)(F)F. The fourth-order valence-electron chi connectivity index (χ4n) is 1.59. The third-order valence-corrected chi connectivity index (χ3v) is 3.81. The van der Waals surface area contributed by atoms with Crippen LogP contribution in [0, 0.1) is 8.98 Å². The van der Waals surface area contributed by atoms with Crippen molar-refractivity contribution < 1.29 is 27.8 Å². The molecule has 0 aliphatic heterocycles. The molecular weight excluding hydrogens is 428 g/mol. The predicted molar refractivity (Wildman–Crippen MR) is 87.9 cm³/mol. The van der Waals surface area contributed by atoms with Crippen LogP contribution in [0.4, 0.5) is 13.2 Å². The van der Waals surface area contributed by atoms with Crippen molar-refractivity contribution in [1.82, 2.24) is 0 Å². The number of hydrogen-bond acceptors (Lipinski definition) is 3. The smallest absolute Gasteiger partial charge is 0.490 e. The summed E-state index contributed by atoms with van der Waals surface area (Å²) < 4.78 is 38.0. The molecule has 0 saturated carbocycles. The lowest BCUT2D eigenvalue weighted by molar-refractivity contribution is -0.192. The summed E-state index contributed by atoms with van der Waals surface area (Å²) in [7, 11) is 1.65. The van der Waals surface area contributed by atoms with Crippen molar-refractivity contribution in [2.45, 2.75) is 6.18 Å². The quantitative estimate of drug-likeness (QED) is 0.379. The molecule has 124 valence electrons. The number of methoxy groups -OCH3 is 1. The predicted octanol–water partition coefficient (Wildman–Crippen LogP) is 3.37. The summed E-state index contributed by atoms with van der Waals surface area (Å²) in [6.07, 6.45) is -5.08. The van der Waals surface area contributed by atoms with Gasteiger partial charge in [0, 0.05) is 5.56 Å². The first-order valence-corrected chi connectivity index (χ1v) is 7.06. The van der Waals surface area contributed by atoms with E-state index in [1.165, 1.54) is 0 Å². The van der Waals surface area contributed by atoms with Gasteiger partial charge in [0.15, 0.2) is 0 Å². The number of nitrogen functional groups attached to an aromatic ring is 1. The highest BCUT2D eigenvalue weighted by atomic mass is 127. The van der Waals surface area contributed by atoms with Gasteiger partial charge in [0.25, 0.3) is 0 Å². The number of nitrogens with two attached hydrogens (primary N) is 1. The van der Waals surface area contributed by atoms with E-state index in [4.69, 9.17) is 25.8 Å². The van der Waals surface area contributed by atoms with Gasteiger partial charge in [0.1, 0.15) is 11.6 Å². The van der Waals surface area contributed by atoms with Crippen LogP contribution in [0.1, 0.15) is 5.56 Å². The Balaban J connectivity index is 0.000000322. The van der Waals surface area contributed by atoms with Crippen LogP contribution in [-0.4, -0.2) is 30.2 Å². The number of rotatable bonds is 2. The largest absolute Gasteiger partial charge is 0.496 e. The maximum atomic E-state index is 10.6. The molecule has 0 fully saturated rings. The second kappa shape index (κ2) is 7.49. The van der Waals surface area contributed by atoms with Crippen molar-refractivity contribution >= 4 is 45.2 Å². The second-order valence-corrected chi connectivity index (χ2v) is 5.31. The molecular formula is C14H12F3IN2O3. The molecule has 0 heterocycles. The number of fused-ring (bicyclic) bond motifs is 1. The van der Waals surface area contributed by atoms with Gasteiger partial charge in [-0.3, -0.25) is 5.41 Å². The minimum absolute atomic E-state index is 0.0838. The number of carboxylic acid groups (broad SMARTS) is 1. The van der Waals surface area contributed by atoms with E-state index in [1.807, 2.05) is 30.3 Å². The van der Waals surface area contributed by atoms with E-state index in [0.29, 0.717) is 0 Å². The van der Waals surface area contributed by atoms with Gasteiger partial charge in [-0.1, -0.05) is 18.2 Å². The summed E-state index contributed by atoms with van der Waals surface area (Å²) in [6.45, 7) is 0. The summed E-state index contributed by atoms with van der Waals surface area (Å²) in [5.74, 6) is -1.83. The number of carbonyl (C=O) groups is 1. The lowest BCUT2D eigenvalue weighted by atomic mass is 10.1. The minimum atomic E-state index is -5.08.